The number of ether oxygens (including phenoxy) is 1. The fourth-order valence-corrected chi connectivity index (χ4v) is 4.16. The molecule has 1 aromatic carbocycles. The molecule has 1 aromatic rings. The first-order valence-electron chi connectivity index (χ1n) is 10.2. The highest BCUT2D eigenvalue weighted by Gasteiger charge is 2.38. The van der Waals surface area contributed by atoms with E-state index >= 15 is 0 Å². The standard InChI is InChI=1S/C22H33ClN2O2/c1-21(2,3)27-20(26)25-15-22(17-5-4-6-18(23)13-17)11-9-19(10-12-22)24-14-16-7-8-16/h4-6,13,16,19,24H,7-12,14-15H2,1-3H3,(H,25,26)/t19-,22+. The molecule has 0 aliphatic heterocycles. The van der Waals surface area contributed by atoms with Gasteiger partial charge in [-0.05, 0) is 89.5 Å². The summed E-state index contributed by atoms with van der Waals surface area (Å²) in [5, 5.41) is 7.51. The van der Waals surface area contributed by atoms with Gasteiger partial charge in [-0.1, -0.05) is 23.7 Å². The van der Waals surface area contributed by atoms with Crippen molar-refractivity contribution in [1.82, 2.24) is 10.6 Å². The third-order valence-electron chi connectivity index (χ3n) is 5.74. The number of benzene rings is 1. The van der Waals surface area contributed by atoms with Crippen LogP contribution in [0.25, 0.3) is 0 Å². The van der Waals surface area contributed by atoms with Gasteiger partial charge in [0.1, 0.15) is 5.60 Å². The quantitative estimate of drug-likeness (QED) is 0.712. The van der Waals surface area contributed by atoms with E-state index in [-0.39, 0.29) is 11.5 Å². The summed E-state index contributed by atoms with van der Waals surface area (Å²) in [5.74, 6) is 0.901. The Kier molecular flexibility index (Phi) is 6.37. The maximum atomic E-state index is 12.2. The van der Waals surface area contributed by atoms with Crippen molar-refractivity contribution in [3.63, 3.8) is 0 Å². The van der Waals surface area contributed by atoms with E-state index in [4.69, 9.17) is 16.3 Å². The molecule has 0 radical (unpaired) electrons. The summed E-state index contributed by atoms with van der Waals surface area (Å²) in [7, 11) is 0. The van der Waals surface area contributed by atoms with Crippen molar-refractivity contribution in [2.24, 2.45) is 5.92 Å². The van der Waals surface area contributed by atoms with Crippen LogP contribution in [0.4, 0.5) is 4.79 Å². The van der Waals surface area contributed by atoms with Crippen molar-refractivity contribution in [2.45, 2.75) is 76.4 Å². The highest BCUT2D eigenvalue weighted by Crippen LogP contribution is 2.40. The maximum Gasteiger partial charge on any atom is 0.407 e. The first kappa shape index (κ1) is 20.5. The van der Waals surface area contributed by atoms with E-state index in [2.05, 4.69) is 22.8 Å². The van der Waals surface area contributed by atoms with Gasteiger partial charge in [0.2, 0.25) is 0 Å². The number of alkyl carbamates (subject to hydrolysis) is 1. The van der Waals surface area contributed by atoms with Crippen molar-refractivity contribution < 1.29 is 9.53 Å². The van der Waals surface area contributed by atoms with E-state index in [1.165, 1.54) is 18.4 Å². The number of hydrogen-bond acceptors (Lipinski definition) is 3. The molecule has 2 N–H and O–H groups in total. The second-order valence-electron chi connectivity index (χ2n) is 9.27. The zero-order valence-corrected chi connectivity index (χ0v) is 17.6. The number of carbonyl (C=O) groups is 1. The van der Waals surface area contributed by atoms with Crippen LogP contribution in [0, 0.1) is 5.92 Å². The zero-order chi connectivity index (χ0) is 19.5. The van der Waals surface area contributed by atoms with Crippen LogP contribution in [0.2, 0.25) is 5.02 Å². The molecule has 0 bridgehead atoms. The Hall–Kier alpha value is -1.26. The van der Waals surface area contributed by atoms with Crippen LogP contribution in [0.3, 0.4) is 0 Å². The Bertz CT molecular complexity index is 644. The number of rotatable bonds is 6. The van der Waals surface area contributed by atoms with Gasteiger partial charge in [-0.25, -0.2) is 4.79 Å². The Morgan fingerprint density at radius 3 is 2.52 bits per heavy atom. The highest BCUT2D eigenvalue weighted by atomic mass is 35.5. The predicted octanol–water partition coefficient (Wildman–Crippen LogP) is 5.04. The second-order valence-corrected chi connectivity index (χ2v) is 9.71. The van der Waals surface area contributed by atoms with Crippen molar-refractivity contribution in [2.75, 3.05) is 13.1 Å². The van der Waals surface area contributed by atoms with Gasteiger partial charge in [0.05, 0.1) is 0 Å². The van der Waals surface area contributed by atoms with Gasteiger partial charge < -0.3 is 15.4 Å². The van der Waals surface area contributed by atoms with E-state index in [1.807, 2.05) is 32.9 Å². The highest BCUT2D eigenvalue weighted by molar-refractivity contribution is 6.30. The van der Waals surface area contributed by atoms with E-state index in [9.17, 15) is 4.79 Å². The van der Waals surface area contributed by atoms with Gasteiger partial charge in [-0.3, -0.25) is 0 Å². The third-order valence-corrected chi connectivity index (χ3v) is 5.98. The molecule has 150 valence electrons. The molecule has 2 aliphatic rings. The summed E-state index contributed by atoms with van der Waals surface area (Å²) >= 11 is 6.27. The molecule has 0 saturated heterocycles. The van der Waals surface area contributed by atoms with Crippen LogP contribution in [0.15, 0.2) is 24.3 Å². The Balaban J connectivity index is 1.65. The smallest absolute Gasteiger partial charge is 0.407 e. The number of halogens is 1. The summed E-state index contributed by atoms with van der Waals surface area (Å²) < 4.78 is 5.44. The average Bonchev–Trinajstić information content (AvgIpc) is 3.42. The largest absolute Gasteiger partial charge is 0.444 e. The van der Waals surface area contributed by atoms with Crippen LogP contribution in [0.1, 0.15) is 64.9 Å². The minimum Gasteiger partial charge on any atom is -0.444 e. The molecular formula is C22H33ClN2O2. The fraction of sp³-hybridized carbons (Fsp3) is 0.682. The lowest BCUT2D eigenvalue weighted by Gasteiger charge is -2.41. The molecule has 0 aromatic heterocycles. The van der Waals surface area contributed by atoms with E-state index in [0.29, 0.717) is 12.6 Å². The first-order chi connectivity index (χ1) is 12.8. The van der Waals surface area contributed by atoms with Gasteiger partial charge in [-0.15, -0.1) is 0 Å². The van der Waals surface area contributed by atoms with Gasteiger partial charge in [-0.2, -0.15) is 0 Å². The van der Waals surface area contributed by atoms with Crippen LogP contribution >= 0.6 is 11.6 Å². The van der Waals surface area contributed by atoms with Gasteiger partial charge >= 0.3 is 6.09 Å². The zero-order valence-electron chi connectivity index (χ0n) is 16.8. The van der Waals surface area contributed by atoms with Crippen molar-refractivity contribution >= 4 is 17.7 Å². The maximum absolute atomic E-state index is 12.2. The minimum atomic E-state index is -0.488. The van der Waals surface area contributed by atoms with Crippen LogP contribution in [-0.4, -0.2) is 30.8 Å². The lowest BCUT2D eigenvalue weighted by Crippen LogP contribution is -2.47. The average molecular weight is 393 g/mol. The number of nitrogens with one attached hydrogen (secondary N) is 2. The Morgan fingerprint density at radius 1 is 1.22 bits per heavy atom. The van der Waals surface area contributed by atoms with E-state index in [1.54, 1.807) is 0 Å². The third kappa shape index (κ3) is 6.11. The summed E-state index contributed by atoms with van der Waals surface area (Å²) in [5.41, 5.74) is 0.642. The lowest BCUT2D eigenvalue weighted by atomic mass is 9.68. The Morgan fingerprint density at radius 2 is 1.93 bits per heavy atom. The van der Waals surface area contributed by atoms with Crippen molar-refractivity contribution in [1.29, 1.82) is 0 Å². The Labute approximate surface area is 168 Å². The number of carbonyl (C=O) groups excluding carboxylic acids is 1. The van der Waals surface area contributed by atoms with Crippen LogP contribution in [0.5, 0.6) is 0 Å². The van der Waals surface area contributed by atoms with Gasteiger partial charge in [0.15, 0.2) is 0 Å². The van der Waals surface area contributed by atoms with Crippen molar-refractivity contribution in [3.05, 3.63) is 34.9 Å². The summed E-state index contributed by atoms with van der Waals surface area (Å²) in [4.78, 5) is 12.2. The summed E-state index contributed by atoms with van der Waals surface area (Å²) in [6, 6.07) is 8.68. The lowest BCUT2D eigenvalue weighted by molar-refractivity contribution is 0.0506. The monoisotopic (exact) mass is 392 g/mol. The molecule has 0 unspecified atom stereocenters. The normalized spacial score (nSPS) is 25.9. The number of amides is 1. The van der Waals surface area contributed by atoms with Crippen LogP contribution in [-0.2, 0) is 10.2 Å². The molecule has 1 amide bonds. The van der Waals surface area contributed by atoms with E-state index < -0.39 is 5.60 Å². The molecule has 2 saturated carbocycles. The van der Waals surface area contributed by atoms with Crippen molar-refractivity contribution in [3.8, 4) is 0 Å². The fourth-order valence-electron chi connectivity index (χ4n) is 3.97. The predicted molar refractivity (Wildman–Crippen MR) is 110 cm³/mol. The molecule has 2 fully saturated rings. The second kappa shape index (κ2) is 8.40. The van der Waals surface area contributed by atoms with Crippen LogP contribution < -0.4 is 10.6 Å². The van der Waals surface area contributed by atoms with E-state index in [0.717, 1.165) is 43.2 Å². The SMILES string of the molecule is CC(C)(C)OC(=O)NC[C@]1(c2cccc(Cl)c2)CC[C@@H](NCC2CC2)CC1. The topological polar surface area (TPSA) is 50.4 Å². The molecule has 27 heavy (non-hydrogen) atoms. The first-order valence-corrected chi connectivity index (χ1v) is 10.6. The molecular weight excluding hydrogens is 360 g/mol. The molecule has 3 rings (SSSR count). The molecule has 0 spiro atoms. The molecule has 2 aliphatic carbocycles. The molecule has 0 atom stereocenters. The molecule has 4 nitrogen and oxygen atoms in total. The minimum absolute atomic E-state index is 0.0838. The van der Waals surface area contributed by atoms with Gasteiger partial charge in [0.25, 0.3) is 0 Å². The molecule has 0 heterocycles. The summed E-state index contributed by atoms with van der Waals surface area (Å²) in [6.45, 7) is 7.39. The number of hydrogen-bond donors (Lipinski definition) is 2. The van der Waals surface area contributed by atoms with Gasteiger partial charge in [0, 0.05) is 23.0 Å². The summed E-state index contributed by atoms with van der Waals surface area (Å²) in [6.07, 6.45) is 6.72. The molecule has 5 heteroatoms.